The van der Waals surface area contributed by atoms with E-state index in [-0.39, 0.29) is 6.61 Å². The molecule has 2 heterocycles. The Balaban J connectivity index is 1.36. The first-order valence-electron chi connectivity index (χ1n) is 10.8. The van der Waals surface area contributed by atoms with Crippen LogP contribution in [0.4, 0.5) is 0 Å². The molecular formula is C27H19N5O3. The predicted octanol–water partition coefficient (Wildman–Crippen LogP) is 4.69. The molecule has 170 valence electrons. The normalized spacial score (nSPS) is 10.9. The smallest absolute Gasteiger partial charge is 0.277 e. The molecule has 3 aromatic carbocycles. The quantitative estimate of drug-likeness (QED) is 0.280. The van der Waals surface area contributed by atoms with Crippen LogP contribution in [0.15, 0.2) is 101 Å². The van der Waals surface area contributed by atoms with E-state index in [0.29, 0.717) is 28.3 Å². The number of para-hydroxylation sites is 3. The van der Waals surface area contributed by atoms with Gasteiger partial charge in [0.05, 0.1) is 17.5 Å². The molecule has 0 aliphatic carbocycles. The largest absolute Gasteiger partial charge is 0.482 e. The zero-order chi connectivity index (χ0) is 24.0. The Kier molecular flexibility index (Phi) is 6.05. The number of hydrazone groups is 1. The fourth-order valence-corrected chi connectivity index (χ4v) is 3.52. The molecule has 0 unspecified atom stereocenters. The minimum absolute atomic E-state index is 0.282. The number of nitrogens with one attached hydrogen (secondary N) is 1. The van der Waals surface area contributed by atoms with Crippen molar-refractivity contribution in [2.45, 2.75) is 0 Å². The van der Waals surface area contributed by atoms with Crippen molar-refractivity contribution in [3.8, 4) is 29.0 Å². The van der Waals surface area contributed by atoms with Crippen LogP contribution in [-0.4, -0.2) is 28.5 Å². The number of rotatable bonds is 7. The first-order valence-corrected chi connectivity index (χ1v) is 10.8. The molecule has 1 amide bonds. The lowest BCUT2D eigenvalue weighted by molar-refractivity contribution is -0.123. The second-order valence-electron chi connectivity index (χ2n) is 7.55. The number of hydrogen-bond acceptors (Lipinski definition) is 6. The average Bonchev–Trinajstić information content (AvgIpc) is 3.52. The summed E-state index contributed by atoms with van der Waals surface area (Å²) in [7, 11) is 0. The first-order chi connectivity index (χ1) is 17.2. The molecule has 5 aromatic rings. The second kappa shape index (κ2) is 9.77. The Morgan fingerprint density at radius 1 is 1.09 bits per heavy atom. The van der Waals surface area contributed by atoms with Crippen LogP contribution in [0.25, 0.3) is 28.1 Å². The van der Waals surface area contributed by atoms with Crippen molar-refractivity contribution in [2.75, 3.05) is 6.61 Å². The molecule has 0 aliphatic heterocycles. The molecule has 0 saturated carbocycles. The highest BCUT2D eigenvalue weighted by Gasteiger charge is 2.15. The summed E-state index contributed by atoms with van der Waals surface area (Å²) in [5, 5.41) is 18.9. The molecule has 0 radical (unpaired) electrons. The summed E-state index contributed by atoms with van der Waals surface area (Å²) in [5.41, 5.74) is 5.67. The van der Waals surface area contributed by atoms with Crippen LogP contribution in [0.3, 0.4) is 0 Å². The van der Waals surface area contributed by atoms with Crippen LogP contribution in [0.1, 0.15) is 11.1 Å². The lowest BCUT2D eigenvalue weighted by atomic mass is 10.2. The van der Waals surface area contributed by atoms with Gasteiger partial charge in [-0.3, -0.25) is 4.79 Å². The third-order valence-electron chi connectivity index (χ3n) is 5.18. The fourth-order valence-electron chi connectivity index (χ4n) is 3.52. The topological polar surface area (TPSA) is 105 Å². The maximum atomic E-state index is 12.2. The molecular weight excluding hydrogens is 442 g/mol. The van der Waals surface area contributed by atoms with Crippen LogP contribution < -0.4 is 10.2 Å². The summed E-state index contributed by atoms with van der Waals surface area (Å²) in [4.78, 5) is 12.2. The van der Waals surface area contributed by atoms with Gasteiger partial charge in [0.1, 0.15) is 23.1 Å². The number of aromatic nitrogens is 2. The van der Waals surface area contributed by atoms with E-state index in [4.69, 9.17) is 19.5 Å². The maximum absolute atomic E-state index is 12.2. The van der Waals surface area contributed by atoms with Crippen LogP contribution >= 0.6 is 0 Å². The van der Waals surface area contributed by atoms with Crippen molar-refractivity contribution in [3.05, 3.63) is 102 Å². The highest BCUT2D eigenvalue weighted by molar-refractivity contribution is 5.91. The number of ether oxygens (including phenoxy) is 1. The molecule has 0 aliphatic rings. The predicted molar refractivity (Wildman–Crippen MR) is 131 cm³/mol. The number of fused-ring (bicyclic) bond motifs is 1. The van der Waals surface area contributed by atoms with E-state index in [2.05, 4.69) is 10.5 Å². The van der Waals surface area contributed by atoms with Gasteiger partial charge >= 0.3 is 0 Å². The molecule has 0 saturated heterocycles. The third kappa shape index (κ3) is 4.79. The molecule has 0 atom stereocenters. The molecule has 0 bridgehead atoms. The number of nitriles is 1. The number of furan rings is 1. The Morgan fingerprint density at radius 3 is 2.69 bits per heavy atom. The third-order valence-corrected chi connectivity index (χ3v) is 5.18. The van der Waals surface area contributed by atoms with Crippen LogP contribution in [0.5, 0.6) is 5.75 Å². The number of amides is 1. The van der Waals surface area contributed by atoms with Crippen molar-refractivity contribution in [3.63, 3.8) is 0 Å². The minimum atomic E-state index is -0.463. The zero-order valence-electron chi connectivity index (χ0n) is 18.5. The first kappa shape index (κ1) is 21.7. The molecule has 8 heteroatoms. The molecule has 5 rings (SSSR count). The van der Waals surface area contributed by atoms with Crippen molar-refractivity contribution in [1.82, 2.24) is 15.2 Å². The lowest BCUT2D eigenvalue weighted by Crippen LogP contribution is -2.24. The van der Waals surface area contributed by atoms with Gasteiger partial charge in [0.15, 0.2) is 12.4 Å². The van der Waals surface area contributed by atoms with E-state index in [1.165, 1.54) is 6.21 Å². The second-order valence-corrected chi connectivity index (χ2v) is 7.55. The number of benzene rings is 3. The highest BCUT2D eigenvalue weighted by Crippen LogP contribution is 2.29. The number of carbonyl (C=O) groups excluding carboxylic acids is 1. The zero-order valence-corrected chi connectivity index (χ0v) is 18.5. The lowest BCUT2D eigenvalue weighted by Gasteiger charge is -2.06. The van der Waals surface area contributed by atoms with Crippen molar-refractivity contribution in [1.29, 1.82) is 5.26 Å². The van der Waals surface area contributed by atoms with E-state index in [9.17, 15) is 4.79 Å². The van der Waals surface area contributed by atoms with Crippen molar-refractivity contribution >= 4 is 23.1 Å². The fraction of sp³-hybridized carbons (Fsp3) is 0.0370. The van der Waals surface area contributed by atoms with E-state index >= 15 is 0 Å². The summed E-state index contributed by atoms with van der Waals surface area (Å²) in [6.07, 6.45) is 3.32. The molecule has 8 nitrogen and oxygen atoms in total. The van der Waals surface area contributed by atoms with Crippen LogP contribution in [0.2, 0.25) is 0 Å². The van der Waals surface area contributed by atoms with E-state index < -0.39 is 5.91 Å². The standard InChI is InChI=1S/C27H19N5O3/c28-15-20-9-5-6-12-23(20)34-18-26(33)30-29-16-21-17-32(22-10-2-1-3-11-22)31-27(21)25-14-19-8-4-7-13-24(19)35-25/h1-14,16-17H,18H2,(H,30,33). The van der Waals surface area contributed by atoms with Gasteiger partial charge in [0, 0.05) is 17.1 Å². The average molecular weight is 461 g/mol. The monoisotopic (exact) mass is 461 g/mol. The Morgan fingerprint density at radius 2 is 1.86 bits per heavy atom. The van der Waals surface area contributed by atoms with Gasteiger partial charge in [-0.05, 0) is 36.4 Å². The van der Waals surface area contributed by atoms with Crippen molar-refractivity contribution < 1.29 is 13.9 Å². The summed E-state index contributed by atoms with van der Waals surface area (Å²) < 4.78 is 13.2. The summed E-state index contributed by atoms with van der Waals surface area (Å²) >= 11 is 0. The van der Waals surface area contributed by atoms with E-state index in [1.54, 1.807) is 28.9 Å². The van der Waals surface area contributed by atoms with E-state index in [0.717, 1.165) is 16.7 Å². The van der Waals surface area contributed by atoms with Gasteiger partial charge in [0.25, 0.3) is 5.91 Å². The summed E-state index contributed by atoms with van der Waals surface area (Å²) in [5.74, 6) is 0.463. The summed E-state index contributed by atoms with van der Waals surface area (Å²) in [6.45, 7) is -0.282. The molecule has 2 aromatic heterocycles. The van der Waals surface area contributed by atoms with Gasteiger partial charge in [-0.2, -0.15) is 15.5 Å². The van der Waals surface area contributed by atoms with Gasteiger partial charge in [-0.1, -0.05) is 48.5 Å². The van der Waals surface area contributed by atoms with Crippen LogP contribution in [0, 0.1) is 11.3 Å². The molecule has 0 fully saturated rings. The minimum Gasteiger partial charge on any atom is -0.482 e. The maximum Gasteiger partial charge on any atom is 0.277 e. The van der Waals surface area contributed by atoms with Crippen molar-refractivity contribution in [2.24, 2.45) is 5.10 Å². The SMILES string of the molecule is N#Cc1ccccc1OCC(=O)NN=Cc1cn(-c2ccccc2)nc1-c1cc2ccccc2o1. The van der Waals surface area contributed by atoms with Gasteiger partial charge in [0.2, 0.25) is 0 Å². The molecule has 0 spiro atoms. The Bertz CT molecular complexity index is 1530. The number of hydrogen-bond donors (Lipinski definition) is 1. The number of nitrogens with zero attached hydrogens (tertiary/aromatic N) is 4. The Hall–Kier alpha value is -5.16. The van der Waals surface area contributed by atoms with E-state index in [1.807, 2.05) is 72.9 Å². The summed E-state index contributed by atoms with van der Waals surface area (Å²) in [6, 6.07) is 28.0. The molecule has 35 heavy (non-hydrogen) atoms. The van der Waals surface area contributed by atoms with Gasteiger partial charge in [-0.15, -0.1) is 0 Å². The van der Waals surface area contributed by atoms with Gasteiger partial charge in [-0.25, -0.2) is 10.1 Å². The highest BCUT2D eigenvalue weighted by atomic mass is 16.5. The van der Waals surface area contributed by atoms with Gasteiger partial charge < -0.3 is 9.15 Å². The van der Waals surface area contributed by atoms with Crippen LogP contribution in [-0.2, 0) is 4.79 Å². The number of carbonyl (C=O) groups is 1. The molecule has 1 N–H and O–H groups in total. The Labute approximate surface area is 200 Å².